The summed E-state index contributed by atoms with van der Waals surface area (Å²) < 4.78 is 19.8. The smallest absolute Gasteiger partial charge is 0.285 e. The summed E-state index contributed by atoms with van der Waals surface area (Å²) in [6.07, 6.45) is 7.84. The molecule has 3 amide bonds. The summed E-state index contributed by atoms with van der Waals surface area (Å²) in [4.78, 5) is 46.4. The Labute approximate surface area is 309 Å². The number of nitrogens with one attached hydrogen (secondary N) is 1. The molecule has 5 rings (SSSR count). The minimum absolute atomic E-state index is 0.0306. The van der Waals surface area contributed by atoms with Gasteiger partial charge in [-0.15, -0.1) is 0 Å². The van der Waals surface area contributed by atoms with Crippen LogP contribution in [0.4, 0.5) is 4.39 Å². The number of allylic oxidation sites excluding steroid dienone is 4. The number of carbonyl (C=O) groups excluding carboxylic acids is 3. The lowest BCUT2D eigenvalue weighted by molar-refractivity contribution is -0.126. The van der Waals surface area contributed by atoms with Crippen molar-refractivity contribution in [2.75, 3.05) is 5.75 Å². The van der Waals surface area contributed by atoms with Gasteiger partial charge in [-0.1, -0.05) is 139 Å². The third-order valence-electron chi connectivity index (χ3n) is 7.57. The molecule has 0 radical (unpaired) electrons. The number of amidine groups is 1. The molecule has 0 fully saturated rings. The Morgan fingerprint density at radius 3 is 2.18 bits per heavy atom. The fourth-order valence-electron chi connectivity index (χ4n) is 5.13. The van der Waals surface area contributed by atoms with Gasteiger partial charge in [0, 0.05) is 11.3 Å². The zero-order valence-corrected chi connectivity index (χ0v) is 29.7. The van der Waals surface area contributed by atoms with Crippen LogP contribution in [-0.4, -0.2) is 33.5 Å². The number of nitrogens with zero attached hydrogens (tertiary/aromatic N) is 2. The number of amides is 3. The van der Waals surface area contributed by atoms with Crippen LogP contribution in [0.1, 0.15) is 35.2 Å². The van der Waals surface area contributed by atoms with Gasteiger partial charge < -0.3 is 10.1 Å². The van der Waals surface area contributed by atoms with E-state index < -0.39 is 23.7 Å². The van der Waals surface area contributed by atoms with Crippen LogP contribution in [0.5, 0.6) is 5.75 Å². The van der Waals surface area contributed by atoms with Crippen molar-refractivity contribution in [3.05, 3.63) is 177 Å². The van der Waals surface area contributed by atoms with Crippen molar-refractivity contribution in [1.82, 2.24) is 10.2 Å². The van der Waals surface area contributed by atoms with Crippen LogP contribution in [0.2, 0.25) is 10.0 Å². The Hall–Kier alpha value is -5.22. The molecule has 0 aromatic heterocycles. The van der Waals surface area contributed by atoms with Crippen LogP contribution >= 0.6 is 35.0 Å². The van der Waals surface area contributed by atoms with Gasteiger partial charge in [0.1, 0.15) is 18.0 Å². The highest BCUT2D eigenvalue weighted by Crippen LogP contribution is 2.36. The third-order valence-corrected chi connectivity index (χ3v) is 9.07. The van der Waals surface area contributed by atoms with E-state index in [1.165, 1.54) is 29.2 Å². The average molecular weight is 741 g/mol. The second kappa shape index (κ2) is 17.6. The van der Waals surface area contributed by atoms with E-state index in [-0.39, 0.29) is 44.8 Å². The van der Waals surface area contributed by atoms with Crippen molar-refractivity contribution >= 4 is 63.9 Å². The molecule has 7 nitrogen and oxygen atoms in total. The highest BCUT2D eigenvalue weighted by atomic mass is 35.5. The van der Waals surface area contributed by atoms with Crippen LogP contribution in [0, 0.1) is 5.82 Å². The maximum Gasteiger partial charge on any atom is 0.285 e. The number of hydrogen-bond donors (Lipinski definition) is 1. The topological polar surface area (TPSA) is 88.1 Å². The van der Waals surface area contributed by atoms with Gasteiger partial charge in [0.2, 0.25) is 5.91 Å². The SMILES string of the molecule is C=C/C=C\C(=C/C)N1C(=O)/C(=C/c2cc(Cl)c(OCc3ccccc3F)c(Cl)c2)C(=O)N=C1SCC(=O)NC(c1ccccc1)c1ccccc1. The monoisotopic (exact) mass is 739 g/mol. The molecule has 0 spiro atoms. The molecule has 258 valence electrons. The second-order valence-corrected chi connectivity index (χ2v) is 12.8. The van der Waals surface area contributed by atoms with Gasteiger partial charge in [-0.2, -0.15) is 4.99 Å². The zero-order chi connectivity index (χ0) is 36.3. The summed E-state index contributed by atoms with van der Waals surface area (Å²) in [5, 5.41) is 3.29. The first-order chi connectivity index (χ1) is 24.7. The first-order valence-electron chi connectivity index (χ1n) is 15.7. The van der Waals surface area contributed by atoms with Gasteiger partial charge in [0.25, 0.3) is 11.8 Å². The van der Waals surface area contributed by atoms with Crippen molar-refractivity contribution in [3.63, 3.8) is 0 Å². The van der Waals surface area contributed by atoms with E-state index >= 15 is 0 Å². The van der Waals surface area contributed by atoms with E-state index in [1.54, 1.807) is 49.4 Å². The normalized spacial score (nSPS) is 14.3. The molecular weight excluding hydrogens is 708 g/mol. The fraction of sp³-hybridized carbons (Fsp3) is 0.100. The number of ether oxygens (including phenoxy) is 1. The Morgan fingerprint density at radius 1 is 0.980 bits per heavy atom. The summed E-state index contributed by atoms with van der Waals surface area (Å²) in [6, 6.07) is 27.8. The van der Waals surface area contributed by atoms with Crippen LogP contribution in [0.25, 0.3) is 6.08 Å². The number of benzene rings is 4. The Morgan fingerprint density at radius 2 is 1.59 bits per heavy atom. The molecule has 4 aromatic carbocycles. The molecule has 1 N–H and O–H groups in total. The summed E-state index contributed by atoms with van der Waals surface area (Å²) in [6.45, 7) is 5.32. The second-order valence-electron chi connectivity index (χ2n) is 11.0. The Kier molecular flexibility index (Phi) is 12.8. The molecule has 1 aliphatic rings. The summed E-state index contributed by atoms with van der Waals surface area (Å²) in [5.74, 6) is -2.25. The van der Waals surface area contributed by atoms with E-state index in [1.807, 2.05) is 60.7 Å². The van der Waals surface area contributed by atoms with E-state index in [9.17, 15) is 18.8 Å². The molecule has 0 aliphatic carbocycles. The Bertz CT molecular complexity index is 2000. The number of thioether (sulfide) groups is 1. The number of hydrogen-bond acceptors (Lipinski definition) is 5. The van der Waals surface area contributed by atoms with Gasteiger partial charge in [0.05, 0.1) is 21.8 Å². The molecule has 51 heavy (non-hydrogen) atoms. The van der Waals surface area contributed by atoms with E-state index in [2.05, 4.69) is 16.9 Å². The van der Waals surface area contributed by atoms with Crippen molar-refractivity contribution in [2.24, 2.45) is 4.99 Å². The Balaban J connectivity index is 1.39. The minimum Gasteiger partial charge on any atom is -0.486 e. The van der Waals surface area contributed by atoms with E-state index in [4.69, 9.17) is 27.9 Å². The molecule has 11 heteroatoms. The molecule has 0 saturated carbocycles. The van der Waals surface area contributed by atoms with Crippen molar-refractivity contribution in [3.8, 4) is 5.75 Å². The quantitative estimate of drug-likeness (QED) is 0.0890. The van der Waals surface area contributed by atoms with Gasteiger partial charge >= 0.3 is 0 Å². The molecule has 1 heterocycles. The van der Waals surface area contributed by atoms with Crippen LogP contribution in [0.15, 0.2) is 144 Å². The van der Waals surface area contributed by atoms with Crippen molar-refractivity contribution < 1.29 is 23.5 Å². The number of carbonyl (C=O) groups is 3. The van der Waals surface area contributed by atoms with Gasteiger partial charge in [-0.05, 0) is 54.0 Å². The fourth-order valence-corrected chi connectivity index (χ4v) is 6.55. The summed E-state index contributed by atoms with van der Waals surface area (Å²) in [5.41, 5.74) is 2.60. The van der Waals surface area contributed by atoms with Gasteiger partial charge in [0.15, 0.2) is 10.9 Å². The van der Waals surface area contributed by atoms with E-state index in [0.29, 0.717) is 16.8 Å². The highest BCUT2D eigenvalue weighted by Gasteiger charge is 2.35. The van der Waals surface area contributed by atoms with Crippen molar-refractivity contribution in [1.29, 1.82) is 0 Å². The third kappa shape index (κ3) is 9.32. The largest absolute Gasteiger partial charge is 0.486 e. The maximum absolute atomic E-state index is 14.1. The number of aliphatic imine (C=N–C) groups is 1. The van der Waals surface area contributed by atoms with Crippen LogP contribution < -0.4 is 10.1 Å². The lowest BCUT2D eigenvalue weighted by Gasteiger charge is -2.28. The zero-order valence-electron chi connectivity index (χ0n) is 27.4. The maximum atomic E-state index is 14.1. The molecular formula is C40H32Cl2FN3O4S. The van der Waals surface area contributed by atoms with Gasteiger partial charge in [-0.3, -0.25) is 19.3 Å². The highest BCUT2D eigenvalue weighted by molar-refractivity contribution is 8.14. The lowest BCUT2D eigenvalue weighted by atomic mass is 9.99. The molecule has 4 aromatic rings. The minimum atomic E-state index is -0.805. The number of rotatable bonds is 12. The first kappa shape index (κ1) is 37.0. The molecule has 0 bridgehead atoms. The van der Waals surface area contributed by atoms with Gasteiger partial charge in [-0.25, -0.2) is 4.39 Å². The van der Waals surface area contributed by atoms with Crippen molar-refractivity contribution in [2.45, 2.75) is 19.6 Å². The standard InChI is InChI=1S/C40H32Cl2FN3O4S/c1-3-5-19-30(4-2)46-39(49)31(21-26-22-32(41)37(33(42)23-26)50-24-29-18-12-13-20-34(29)43)38(48)45-40(46)51-25-35(47)44-36(27-14-8-6-9-15-27)28-16-10-7-11-17-28/h3-23,36H,1,24-25H2,2H3,(H,44,47)/b19-5-,30-4+,31-21+. The predicted molar refractivity (Wildman–Crippen MR) is 203 cm³/mol. The van der Waals surface area contributed by atoms with Crippen LogP contribution in [-0.2, 0) is 21.0 Å². The molecule has 1 aliphatic heterocycles. The predicted octanol–water partition coefficient (Wildman–Crippen LogP) is 9.10. The number of halogens is 3. The van der Waals surface area contributed by atoms with Crippen LogP contribution in [0.3, 0.4) is 0 Å². The average Bonchev–Trinajstić information content (AvgIpc) is 3.13. The summed E-state index contributed by atoms with van der Waals surface area (Å²) >= 11 is 13.9. The molecule has 0 atom stereocenters. The van der Waals surface area contributed by atoms with E-state index in [0.717, 1.165) is 22.9 Å². The lowest BCUT2D eigenvalue weighted by Crippen LogP contribution is -2.42. The molecule has 0 saturated heterocycles. The first-order valence-corrected chi connectivity index (χ1v) is 17.5. The molecule has 0 unspecified atom stereocenters. The summed E-state index contributed by atoms with van der Waals surface area (Å²) in [7, 11) is 0.